The quantitative estimate of drug-likeness (QED) is 0.441. The van der Waals surface area contributed by atoms with Gasteiger partial charge in [0.15, 0.2) is 0 Å². The molecule has 1 heterocycles. The molecule has 5 nitrogen and oxygen atoms in total. The van der Waals surface area contributed by atoms with Gasteiger partial charge in [0.05, 0.1) is 12.1 Å². The third-order valence-corrected chi connectivity index (χ3v) is 7.13. The van der Waals surface area contributed by atoms with E-state index >= 15 is 0 Å². The first-order valence-electron chi connectivity index (χ1n) is 12.6. The van der Waals surface area contributed by atoms with Gasteiger partial charge in [-0.2, -0.15) is 0 Å². The zero-order valence-corrected chi connectivity index (χ0v) is 21.4. The predicted octanol–water partition coefficient (Wildman–Crippen LogP) is 6.23. The summed E-state index contributed by atoms with van der Waals surface area (Å²) >= 11 is 0. The summed E-state index contributed by atoms with van der Waals surface area (Å²) in [6.45, 7) is 12.1. The van der Waals surface area contributed by atoms with Crippen molar-refractivity contribution in [2.75, 3.05) is 6.61 Å². The molecule has 0 radical (unpaired) electrons. The van der Waals surface area contributed by atoms with Crippen LogP contribution in [0.15, 0.2) is 60.7 Å². The van der Waals surface area contributed by atoms with Gasteiger partial charge in [-0.25, -0.2) is 4.79 Å². The molecule has 184 valence electrons. The maximum Gasteiger partial charge on any atom is 0.412 e. The minimum Gasteiger partial charge on any atom is -0.445 e. The van der Waals surface area contributed by atoms with E-state index < -0.39 is 11.3 Å². The van der Waals surface area contributed by atoms with Crippen LogP contribution in [0, 0.1) is 5.92 Å². The number of ether oxygens (including phenoxy) is 2. The first-order chi connectivity index (χ1) is 16.2. The van der Waals surface area contributed by atoms with Gasteiger partial charge in [-0.1, -0.05) is 73.5 Å². The maximum atomic E-state index is 13.4. The lowest BCUT2D eigenvalue weighted by molar-refractivity contribution is -0.0659. The number of rotatable bonds is 9. The summed E-state index contributed by atoms with van der Waals surface area (Å²) in [5.74, 6) is 0.711. The smallest absolute Gasteiger partial charge is 0.412 e. The second kappa shape index (κ2) is 10.1. The molecule has 1 saturated carbocycles. The lowest BCUT2D eigenvalue weighted by atomic mass is 10.0. The fourth-order valence-corrected chi connectivity index (χ4v) is 5.23. The second-order valence-corrected chi connectivity index (χ2v) is 11.1. The summed E-state index contributed by atoms with van der Waals surface area (Å²) in [6, 6.07) is 21.3. The number of amides is 1. The molecule has 2 aromatic rings. The number of hydrogen-bond donors (Lipinski definition) is 0. The first kappa shape index (κ1) is 24.7. The van der Waals surface area contributed by atoms with Gasteiger partial charge in [0, 0.05) is 19.1 Å². The van der Waals surface area contributed by atoms with Crippen LogP contribution in [0.2, 0.25) is 0 Å². The Labute approximate surface area is 205 Å². The molecule has 0 N–H and O–H groups in total. The van der Waals surface area contributed by atoms with Gasteiger partial charge in [-0.05, 0) is 58.1 Å². The Hall–Kier alpha value is -2.37. The van der Waals surface area contributed by atoms with Gasteiger partial charge in [-0.3, -0.25) is 9.80 Å². The molecule has 5 heteroatoms. The number of carbonyl (C=O) groups excluding carboxylic acids is 1. The molecule has 2 aliphatic rings. The summed E-state index contributed by atoms with van der Waals surface area (Å²) in [4.78, 5) is 17.7. The Balaban J connectivity index is 1.56. The van der Waals surface area contributed by atoms with E-state index in [1.807, 2.05) is 27.7 Å². The largest absolute Gasteiger partial charge is 0.445 e. The zero-order valence-electron chi connectivity index (χ0n) is 21.4. The lowest BCUT2D eigenvalue weighted by Gasteiger charge is -2.40. The number of benzene rings is 2. The van der Waals surface area contributed by atoms with Gasteiger partial charge in [-0.15, -0.1) is 0 Å². The summed E-state index contributed by atoms with van der Waals surface area (Å²) < 4.78 is 12.1. The van der Waals surface area contributed by atoms with E-state index in [1.165, 1.54) is 24.0 Å². The van der Waals surface area contributed by atoms with Crippen molar-refractivity contribution < 1.29 is 14.3 Å². The molecule has 0 aromatic heterocycles. The van der Waals surface area contributed by atoms with E-state index in [0.29, 0.717) is 12.5 Å². The Morgan fingerprint density at radius 1 is 1.00 bits per heavy atom. The van der Waals surface area contributed by atoms with Gasteiger partial charge in [0.1, 0.15) is 11.8 Å². The Kier molecular flexibility index (Phi) is 7.34. The van der Waals surface area contributed by atoms with Crippen molar-refractivity contribution >= 4 is 6.09 Å². The van der Waals surface area contributed by atoms with E-state index in [-0.39, 0.29) is 18.2 Å². The maximum absolute atomic E-state index is 13.4. The molecule has 0 unspecified atom stereocenters. The minimum atomic E-state index is -0.680. The monoisotopic (exact) mass is 464 g/mol. The van der Waals surface area contributed by atoms with Crippen LogP contribution in [0.4, 0.5) is 4.79 Å². The van der Waals surface area contributed by atoms with Crippen molar-refractivity contribution in [3.05, 3.63) is 71.8 Å². The fraction of sp³-hybridized carbons (Fsp3) is 0.552. The highest BCUT2D eigenvalue weighted by Crippen LogP contribution is 2.38. The van der Waals surface area contributed by atoms with E-state index in [2.05, 4.69) is 72.5 Å². The van der Waals surface area contributed by atoms with Crippen LogP contribution in [-0.4, -0.2) is 45.9 Å². The molecule has 1 amide bonds. The molecule has 2 fully saturated rings. The number of hydrogen-bond acceptors (Lipinski definition) is 4. The van der Waals surface area contributed by atoms with Gasteiger partial charge < -0.3 is 9.47 Å². The zero-order chi connectivity index (χ0) is 24.3. The van der Waals surface area contributed by atoms with Crippen molar-refractivity contribution in [2.24, 2.45) is 5.92 Å². The normalized spacial score (nSPS) is 20.8. The molecular weight excluding hydrogens is 424 g/mol. The molecule has 0 spiro atoms. The van der Waals surface area contributed by atoms with Crippen LogP contribution < -0.4 is 0 Å². The second-order valence-electron chi connectivity index (χ2n) is 11.1. The van der Waals surface area contributed by atoms with Gasteiger partial charge >= 0.3 is 6.09 Å². The van der Waals surface area contributed by atoms with Crippen molar-refractivity contribution in [3.63, 3.8) is 0 Å². The first-order valence-corrected chi connectivity index (χ1v) is 12.6. The summed E-state index contributed by atoms with van der Waals surface area (Å²) in [7, 11) is 0. The highest BCUT2D eigenvalue weighted by molar-refractivity contribution is 5.70. The summed E-state index contributed by atoms with van der Waals surface area (Å²) in [6.07, 6.45) is 3.04. The van der Waals surface area contributed by atoms with Crippen LogP contribution in [0.5, 0.6) is 0 Å². The lowest BCUT2D eigenvalue weighted by Crippen LogP contribution is -2.54. The number of nitrogens with zero attached hydrogens (tertiary/aromatic N) is 2. The average Bonchev–Trinajstić information content (AvgIpc) is 3.57. The van der Waals surface area contributed by atoms with Gasteiger partial charge in [0.2, 0.25) is 0 Å². The van der Waals surface area contributed by atoms with E-state index in [0.717, 1.165) is 19.5 Å². The predicted molar refractivity (Wildman–Crippen MR) is 135 cm³/mol. The molecule has 1 aliphatic carbocycles. The molecule has 0 bridgehead atoms. The van der Waals surface area contributed by atoms with Crippen LogP contribution in [-0.2, 0) is 22.6 Å². The van der Waals surface area contributed by atoms with Gasteiger partial charge in [0.25, 0.3) is 0 Å². The molecule has 2 aromatic carbocycles. The van der Waals surface area contributed by atoms with Crippen molar-refractivity contribution in [1.29, 1.82) is 0 Å². The Morgan fingerprint density at radius 3 is 1.97 bits per heavy atom. The molecule has 2 atom stereocenters. The van der Waals surface area contributed by atoms with Crippen molar-refractivity contribution in [2.45, 2.75) is 90.4 Å². The topological polar surface area (TPSA) is 42.0 Å². The Morgan fingerprint density at radius 2 is 1.53 bits per heavy atom. The van der Waals surface area contributed by atoms with Crippen LogP contribution in [0.3, 0.4) is 0 Å². The highest BCUT2D eigenvalue weighted by Gasteiger charge is 2.50. The highest BCUT2D eigenvalue weighted by atomic mass is 16.6. The van der Waals surface area contributed by atoms with Crippen molar-refractivity contribution in [1.82, 2.24) is 9.80 Å². The summed E-state index contributed by atoms with van der Waals surface area (Å²) in [5, 5.41) is 0. The molecule has 34 heavy (non-hydrogen) atoms. The summed E-state index contributed by atoms with van der Waals surface area (Å²) in [5.41, 5.74) is 1.46. The Bertz CT molecular complexity index is 883. The minimum absolute atomic E-state index is 0.131. The van der Waals surface area contributed by atoms with Crippen LogP contribution in [0.25, 0.3) is 0 Å². The van der Waals surface area contributed by atoms with Crippen molar-refractivity contribution in [3.8, 4) is 0 Å². The number of carbonyl (C=O) groups is 1. The molecule has 1 aliphatic heterocycles. The third kappa shape index (κ3) is 6.00. The van der Waals surface area contributed by atoms with E-state index in [9.17, 15) is 4.79 Å². The molecule has 4 rings (SSSR count). The fourth-order valence-electron chi connectivity index (χ4n) is 5.23. The average molecular weight is 465 g/mol. The SMILES string of the molecule is C[C@H](OC(=O)N1C(C)(C)COC1(C)C)[C@H](CC1CC1)N(Cc1ccccc1)Cc1ccccc1. The van der Waals surface area contributed by atoms with E-state index in [4.69, 9.17) is 9.47 Å². The third-order valence-electron chi connectivity index (χ3n) is 7.13. The molecular formula is C29H40N2O3. The van der Waals surface area contributed by atoms with Crippen LogP contribution >= 0.6 is 0 Å². The molecule has 1 saturated heterocycles. The van der Waals surface area contributed by atoms with Crippen LogP contribution in [0.1, 0.15) is 65.0 Å². The standard InChI is InChI=1S/C29H40N2O3/c1-22(34-27(32)31-28(2,3)21-33-29(31,4)5)26(18-23-16-17-23)30(19-24-12-8-6-9-13-24)20-25-14-10-7-11-15-25/h6-15,22-23,26H,16-21H2,1-5H3/t22-,26-/m0/s1. The van der Waals surface area contributed by atoms with E-state index in [1.54, 1.807) is 4.90 Å².